The minimum Gasteiger partial charge on any atom is -0.497 e. The van der Waals surface area contributed by atoms with Crippen LogP contribution in [0.2, 0.25) is 0 Å². The molecule has 0 unspecified atom stereocenters. The van der Waals surface area contributed by atoms with E-state index < -0.39 is 0 Å². The van der Waals surface area contributed by atoms with Crippen molar-refractivity contribution in [2.24, 2.45) is 4.99 Å². The molecule has 0 aromatic heterocycles. The van der Waals surface area contributed by atoms with E-state index in [1.54, 1.807) is 14.2 Å². The van der Waals surface area contributed by atoms with Gasteiger partial charge in [0.1, 0.15) is 11.5 Å². The maximum atomic E-state index is 5.29. The third kappa shape index (κ3) is 3.92. The van der Waals surface area contributed by atoms with E-state index in [2.05, 4.69) is 23.6 Å². The smallest absolute Gasteiger partial charge is 0.127 e. The van der Waals surface area contributed by atoms with Gasteiger partial charge in [-0.15, -0.1) is 0 Å². The lowest BCUT2D eigenvalue weighted by atomic mass is 10.2. The first-order valence-electron chi connectivity index (χ1n) is 5.27. The number of hydrogen-bond donors (Lipinski definition) is 1. The average Bonchev–Trinajstić information content (AvgIpc) is 2.38. The van der Waals surface area contributed by atoms with E-state index in [9.17, 15) is 0 Å². The van der Waals surface area contributed by atoms with Crippen LogP contribution in [0.5, 0.6) is 11.5 Å². The Labute approximate surface area is 102 Å². The Morgan fingerprint density at radius 2 is 2.12 bits per heavy atom. The topological polar surface area (TPSA) is 42.9 Å². The standard InChI is InChI=1S/C13H18N2O2/c1-10(14-2)8-15-9-11-5-6-12(16-3)7-13(11)17-4/h5-7,15H,1-2,8-9H2,3-4H3. The molecule has 4 heteroatoms. The highest BCUT2D eigenvalue weighted by Gasteiger charge is 2.04. The number of benzene rings is 1. The largest absolute Gasteiger partial charge is 0.497 e. The Balaban J connectivity index is 2.64. The second-order valence-electron chi connectivity index (χ2n) is 3.51. The van der Waals surface area contributed by atoms with Gasteiger partial charge in [-0.05, 0) is 12.8 Å². The minimum atomic E-state index is 0.610. The molecule has 1 N–H and O–H groups in total. The summed E-state index contributed by atoms with van der Waals surface area (Å²) < 4.78 is 10.4. The molecule has 17 heavy (non-hydrogen) atoms. The summed E-state index contributed by atoms with van der Waals surface area (Å²) in [7, 11) is 3.27. The van der Waals surface area contributed by atoms with E-state index in [-0.39, 0.29) is 0 Å². The Kier molecular flexibility index (Phi) is 5.23. The zero-order chi connectivity index (χ0) is 12.7. The third-order valence-electron chi connectivity index (χ3n) is 2.36. The monoisotopic (exact) mass is 234 g/mol. The lowest BCUT2D eigenvalue weighted by molar-refractivity contribution is 0.390. The Bertz CT molecular complexity index is 402. The molecular weight excluding hydrogens is 216 g/mol. The number of ether oxygens (including phenoxy) is 2. The van der Waals surface area contributed by atoms with Crippen LogP contribution in [-0.2, 0) is 6.54 Å². The first-order chi connectivity index (χ1) is 8.21. The van der Waals surface area contributed by atoms with Crippen molar-refractivity contribution in [1.29, 1.82) is 0 Å². The van der Waals surface area contributed by atoms with Crippen LogP contribution in [0.15, 0.2) is 35.5 Å². The van der Waals surface area contributed by atoms with Crippen molar-refractivity contribution < 1.29 is 9.47 Å². The van der Waals surface area contributed by atoms with Crippen molar-refractivity contribution in [3.05, 3.63) is 36.0 Å². The van der Waals surface area contributed by atoms with Gasteiger partial charge in [0.15, 0.2) is 0 Å². The molecule has 4 nitrogen and oxygen atoms in total. The van der Waals surface area contributed by atoms with Gasteiger partial charge in [0.2, 0.25) is 0 Å². The van der Waals surface area contributed by atoms with Crippen molar-refractivity contribution in [1.82, 2.24) is 5.32 Å². The lowest BCUT2D eigenvalue weighted by Gasteiger charge is -2.11. The van der Waals surface area contributed by atoms with Gasteiger partial charge in [0, 0.05) is 30.4 Å². The summed E-state index contributed by atoms with van der Waals surface area (Å²) in [4.78, 5) is 3.73. The van der Waals surface area contributed by atoms with Crippen molar-refractivity contribution in [3.63, 3.8) is 0 Å². The molecule has 0 heterocycles. The number of nitrogens with one attached hydrogen (secondary N) is 1. The van der Waals surface area contributed by atoms with Crippen molar-refractivity contribution >= 4 is 6.72 Å². The van der Waals surface area contributed by atoms with E-state index in [1.165, 1.54) is 0 Å². The molecule has 0 atom stereocenters. The first-order valence-corrected chi connectivity index (χ1v) is 5.27. The molecule has 1 rings (SSSR count). The molecule has 92 valence electrons. The minimum absolute atomic E-state index is 0.610. The van der Waals surface area contributed by atoms with Gasteiger partial charge >= 0.3 is 0 Å². The lowest BCUT2D eigenvalue weighted by Crippen LogP contribution is -2.16. The highest BCUT2D eigenvalue weighted by molar-refractivity contribution is 5.40. The Hall–Kier alpha value is -1.81. The fourth-order valence-electron chi connectivity index (χ4n) is 1.40. The number of methoxy groups -OCH3 is 2. The second kappa shape index (κ2) is 6.70. The number of aliphatic imine (C=N–C) groups is 1. The summed E-state index contributed by atoms with van der Waals surface area (Å²) in [5.74, 6) is 1.58. The van der Waals surface area contributed by atoms with Gasteiger partial charge in [-0.1, -0.05) is 12.6 Å². The molecule has 0 aliphatic rings. The fraction of sp³-hybridized carbons (Fsp3) is 0.308. The maximum Gasteiger partial charge on any atom is 0.127 e. The SMILES string of the molecule is C=NC(=C)CNCc1ccc(OC)cc1OC. The van der Waals surface area contributed by atoms with Crippen molar-refractivity contribution in [3.8, 4) is 11.5 Å². The molecule has 0 spiro atoms. The van der Waals surface area contributed by atoms with Gasteiger partial charge in [0.05, 0.1) is 14.2 Å². The highest BCUT2D eigenvalue weighted by atomic mass is 16.5. The van der Waals surface area contributed by atoms with E-state index >= 15 is 0 Å². The van der Waals surface area contributed by atoms with Crippen LogP contribution in [0.25, 0.3) is 0 Å². The molecule has 0 fully saturated rings. The molecule has 1 aromatic rings. The second-order valence-corrected chi connectivity index (χ2v) is 3.51. The van der Waals surface area contributed by atoms with Crippen LogP contribution in [0, 0.1) is 0 Å². The summed E-state index contributed by atoms with van der Waals surface area (Å²) >= 11 is 0. The summed E-state index contributed by atoms with van der Waals surface area (Å²) in [6, 6.07) is 5.73. The van der Waals surface area contributed by atoms with E-state index in [0.717, 1.165) is 22.8 Å². The quantitative estimate of drug-likeness (QED) is 0.734. The van der Waals surface area contributed by atoms with Crippen LogP contribution < -0.4 is 14.8 Å². The van der Waals surface area contributed by atoms with Gasteiger partial charge in [0.25, 0.3) is 0 Å². The van der Waals surface area contributed by atoms with Gasteiger partial charge in [-0.2, -0.15) is 0 Å². The molecule has 0 radical (unpaired) electrons. The normalized spacial score (nSPS) is 9.76. The van der Waals surface area contributed by atoms with Gasteiger partial charge in [-0.25, -0.2) is 0 Å². The summed E-state index contributed by atoms with van der Waals surface area (Å²) in [6.45, 7) is 8.44. The molecule has 0 saturated heterocycles. The zero-order valence-electron chi connectivity index (χ0n) is 10.3. The van der Waals surface area contributed by atoms with Crippen molar-refractivity contribution in [2.45, 2.75) is 6.54 Å². The Morgan fingerprint density at radius 3 is 2.71 bits per heavy atom. The Morgan fingerprint density at radius 1 is 1.35 bits per heavy atom. The third-order valence-corrected chi connectivity index (χ3v) is 2.36. The molecule has 1 aromatic carbocycles. The van der Waals surface area contributed by atoms with Crippen LogP contribution in [0.3, 0.4) is 0 Å². The summed E-state index contributed by atoms with van der Waals surface area (Å²) in [6.07, 6.45) is 0. The molecular formula is C13H18N2O2. The molecule has 0 aliphatic heterocycles. The van der Waals surface area contributed by atoms with Gasteiger partial charge in [-0.3, -0.25) is 4.99 Å². The molecule has 0 saturated carbocycles. The number of nitrogens with zero attached hydrogens (tertiary/aromatic N) is 1. The highest BCUT2D eigenvalue weighted by Crippen LogP contribution is 2.24. The van der Waals surface area contributed by atoms with E-state index in [4.69, 9.17) is 9.47 Å². The molecule has 0 amide bonds. The predicted molar refractivity (Wildman–Crippen MR) is 69.9 cm³/mol. The van der Waals surface area contributed by atoms with E-state index in [1.807, 2.05) is 18.2 Å². The van der Waals surface area contributed by atoms with Crippen LogP contribution in [-0.4, -0.2) is 27.5 Å². The van der Waals surface area contributed by atoms with E-state index in [0.29, 0.717) is 13.1 Å². The van der Waals surface area contributed by atoms with Gasteiger partial charge < -0.3 is 14.8 Å². The summed E-state index contributed by atoms with van der Waals surface area (Å²) in [5, 5.41) is 3.21. The molecule has 0 aliphatic carbocycles. The zero-order valence-corrected chi connectivity index (χ0v) is 10.3. The number of hydrogen-bond acceptors (Lipinski definition) is 4. The predicted octanol–water partition coefficient (Wildman–Crippen LogP) is 2.01. The maximum absolute atomic E-state index is 5.29. The van der Waals surface area contributed by atoms with Crippen LogP contribution in [0.1, 0.15) is 5.56 Å². The van der Waals surface area contributed by atoms with Crippen molar-refractivity contribution in [2.75, 3.05) is 20.8 Å². The van der Waals surface area contributed by atoms with Crippen LogP contribution in [0.4, 0.5) is 0 Å². The number of rotatable bonds is 7. The molecule has 0 bridgehead atoms. The first kappa shape index (κ1) is 13.3. The fourth-order valence-corrected chi connectivity index (χ4v) is 1.40. The van der Waals surface area contributed by atoms with Crippen LogP contribution >= 0.6 is 0 Å². The average molecular weight is 234 g/mol. The summed E-state index contributed by atoms with van der Waals surface area (Å²) in [5.41, 5.74) is 1.78.